The third-order valence-electron chi connectivity index (χ3n) is 1.08. The third kappa shape index (κ3) is 4.09. The van der Waals surface area contributed by atoms with Gasteiger partial charge in [-0.05, 0) is 26.6 Å². The maximum Gasteiger partial charge on any atom is 0.00130 e. The number of nitrogens with two attached hydrogens (primary N) is 1. The molecule has 50 valence electrons. The molecular formula is C6H16N2. The lowest BCUT2D eigenvalue weighted by atomic mass is 10.2. The van der Waals surface area contributed by atoms with Crippen molar-refractivity contribution in [3.8, 4) is 0 Å². The Bertz CT molecular complexity index is 52.5. The Balaban J connectivity index is 3.10. The topological polar surface area (TPSA) is 29.3 Å². The zero-order chi connectivity index (χ0) is 6.57. The molecule has 0 saturated heterocycles. The molecule has 0 radical (unpaired) electrons. The molecule has 0 rings (SSSR count). The van der Waals surface area contributed by atoms with Gasteiger partial charge >= 0.3 is 0 Å². The van der Waals surface area contributed by atoms with Crippen molar-refractivity contribution in [2.45, 2.75) is 6.92 Å². The first-order chi connectivity index (χ1) is 3.66. The van der Waals surface area contributed by atoms with Crippen LogP contribution >= 0.6 is 0 Å². The summed E-state index contributed by atoms with van der Waals surface area (Å²) in [5.41, 5.74) is 5.39. The molecule has 0 unspecified atom stereocenters. The molecule has 0 aromatic heterocycles. The van der Waals surface area contributed by atoms with Gasteiger partial charge in [0.2, 0.25) is 0 Å². The van der Waals surface area contributed by atoms with Crippen molar-refractivity contribution >= 4 is 0 Å². The summed E-state index contributed by atoms with van der Waals surface area (Å²) in [7, 11) is 4.12. The normalized spacial score (nSPS) is 14.6. The lowest BCUT2D eigenvalue weighted by molar-refractivity contribution is 0.344. The van der Waals surface area contributed by atoms with Gasteiger partial charge < -0.3 is 10.6 Å². The monoisotopic (exact) mass is 116 g/mol. The van der Waals surface area contributed by atoms with Crippen LogP contribution in [0, 0.1) is 5.92 Å². The minimum atomic E-state index is 0.630. The van der Waals surface area contributed by atoms with Gasteiger partial charge in [0.05, 0.1) is 0 Å². The predicted molar refractivity (Wildman–Crippen MR) is 36.8 cm³/mol. The molecule has 0 aliphatic rings. The van der Waals surface area contributed by atoms with E-state index in [4.69, 9.17) is 5.73 Å². The molecule has 0 saturated carbocycles. The van der Waals surface area contributed by atoms with E-state index < -0.39 is 0 Å². The van der Waals surface area contributed by atoms with E-state index in [-0.39, 0.29) is 0 Å². The van der Waals surface area contributed by atoms with E-state index in [9.17, 15) is 0 Å². The summed E-state index contributed by atoms with van der Waals surface area (Å²) in [6.45, 7) is 4.04. The minimum absolute atomic E-state index is 0.630. The molecule has 0 bridgehead atoms. The van der Waals surface area contributed by atoms with E-state index in [0.717, 1.165) is 13.1 Å². The summed E-state index contributed by atoms with van der Waals surface area (Å²) in [4.78, 5) is 2.15. The molecule has 0 fully saturated rings. The van der Waals surface area contributed by atoms with Crippen LogP contribution in [0.2, 0.25) is 0 Å². The van der Waals surface area contributed by atoms with Crippen molar-refractivity contribution < 1.29 is 0 Å². The summed E-state index contributed by atoms with van der Waals surface area (Å²) >= 11 is 0. The molecule has 0 spiro atoms. The third-order valence-corrected chi connectivity index (χ3v) is 1.08. The van der Waals surface area contributed by atoms with Gasteiger partial charge in [-0.15, -0.1) is 0 Å². The Morgan fingerprint density at radius 1 is 1.50 bits per heavy atom. The van der Waals surface area contributed by atoms with E-state index in [0.29, 0.717) is 5.92 Å². The van der Waals surface area contributed by atoms with Gasteiger partial charge in [-0.1, -0.05) is 6.92 Å². The largest absolute Gasteiger partial charge is 0.330 e. The molecule has 0 aliphatic carbocycles. The molecule has 0 aliphatic heterocycles. The van der Waals surface area contributed by atoms with Crippen LogP contribution in [0.25, 0.3) is 0 Å². The van der Waals surface area contributed by atoms with Gasteiger partial charge in [-0.3, -0.25) is 0 Å². The SMILES string of the molecule is C[C@@H](CN)CN(C)C. The molecule has 0 amide bonds. The van der Waals surface area contributed by atoms with Crippen LogP contribution in [0.1, 0.15) is 6.92 Å². The van der Waals surface area contributed by atoms with Crippen LogP contribution in [0.4, 0.5) is 0 Å². The predicted octanol–water partition coefficient (Wildman–Crippen LogP) is 0.143. The molecular weight excluding hydrogens is 100 g/mol. The molecule has 2 N–H and O–H groups in total. The standard InChI is InChI=1S/C6H16N2/c1-6(4-7)5-8(2)3/h6H,4-5,7H2,1-3H3/t6-/m0/s1. The van der Waals surface area contributed by atoms with Crippen LogP contribution in [0.5, 0.6) is 0 Å². The van der Waals surface area contributed by atoms with Crippen LogP contribution in [-0.2, 0) is 0 Å². The van der Waals surface area contributed by atoms with E-state index in [1.54, 1.807) is 0 Å². The smallest absolute Gasteiger partial charge is 0.00130 e. The second kappa shape index (κ2) is 3.87. The molecule has 0 heterocycles. The van der Waals surface area contributed by atoms with Crippen molar-refractivity contribution in [3.63, 3.8) is 0 Å². The lowest BCUT2D eigenvalue weighted by Crippen LogP contribution is -2.24. The van der Waals surface area contributed by atoms with E-state index >= 15 is 0 Å². The quantitative estimate of drug-likeness (QED) is 0.568. The molecule has 0 aromatic rings. The Kier molecular flexibility index (Phi) is 3.83. The van der Waals surface area contributed by atoms with Crippen LogP contribution < -0.4 is 5.73 Å². The minimum Gasteiger partial charge on any atom is -0.330 e. The van der Waals surface area contributed by atoms with Crippen LogP contribution in [0.15, 0.2) is 0 Å². The van der Waals surface area contributed by atoms with Crippen molar-refractivity contribution in [3.05, 3.63) is 0 Å². The summed E-state index contributed by atoms with van der Waals surface area (Å²) < 4.78 is 0. The summed E-state index contributed by atoms with van der Waals surface area (Å²) in [5.74, 6) is 0.630. The van der Waals surface area contributed by atoms with Gasteiger partial charge in [0.1, 0.15) is 0 Å². The molecule has 1 atom stereocenters. The molecule has 2 heteroatoms. The second-order valence-electron chi connectivity index (χ2n) is 2.60. The van der Waals surface area contributed by atoms with Gasteiger partial charge in [0, 0.05) is 6.54 Å². The van der Waals surface area contributed by atoms with Gasteiger partial charge in [0.15, 0.2) is 0 Å². The Hall–Kier alpha value is -0.0800. The number of hydrogen-bond donors (Lipinski definition) is 1. The molecule has 0 aromatic carbocycles. The summed E-state index contributed by atoms with van der Waals surface area (Å²) in [6, 6.07) is 0. The highest BCUT2D eigenvalue weighted by atomic mass is 15.1. The zero-order valence-corrected chi connectivity index (χ0v) is 6.02. The fraction of sp³-hybridized carbons (Fsp3) is 1.00. The molecule has 8 heavy (non-hydrogen) atoms. The zero-order valence-electron chi connectivity index (χ0n) is 6.02. The van der Waals surface area contributed by atoms with E-state index in [1.165, 1.54) is 0 Å². The Morgan fingerprint density at radius 3 is 2.12 bits per heavy atom. The number of hydrogen-bond acceptors (Lipinski definition) is 2. The highest BCUT2D eigenvalue weighted by molar-refractivity contribution is 4.54. The fourth-order valence-corrected chi connectivity index (χ4v) is 0.698. The first-order valence-corrected chi connectivity index (χ1v) is 3.01. The van der Waals surface area contributed by atoms with Crippen molar-refractivity contribution in [2.75, 3.05) is 27.2 Å². The van der Waals surface area contributed by atoms with Crippen LogP contribution in [0.3, 0.4) is 0 Å². The highest BCUT2D eigenvalue weighted by Gasteiger charge is 1.97. The van der Waals surface area contributed by atoms with E-state index in [2.05, 4.69) is 25.9 Å². The molecule has 2 nitrogen and oxygen atoms in total. The van der Waals surface area contributed by atoms with Crippen molar-refractivity contribution in [2.24, 2.45) is 11.7 Å². The van der Waals surface area contributed by atoms with Crippen LogP contribution in [-0.4, -0.2) is 32.1 Å². The van der Waals surface area contributed by atoms with Gasteiger partial charge in [-0.25, -0.2) is 0 Å². The second-order valence-corrected chi connectivity index (χ2v) is 2.60. The number of nitrogens with zero attached hydrogens (tertiary/aromatic N) is 1. The van der Waals surface area contributed by atoms with Crippen molar-refractivity contribution in [1.29, 1.82) is 0 Å². The summed E-state index contributed by atoms with van der Waals surface area (Å²) in [5, 5.41) is 0. The number of rotatable bonds is 3. The fourth-order valence-electron chi connectivity index (χ4n) is 0.698. The van der Waals surface area contributed by atoms with Gasteiger partial charge in [-0.2, -0.15) is 0 Å². The van der Waals surface area contributed by atoms with E-state index in [1.807, 2.05) is 0 Å². The average molecular weight is 116 g/mol. The first-order valence-electron chi connectivity index (χ1n) is 3.01. The Labute approximate surface area is 51.7 Å². The van der Waals surface area contributed by atoms with Gasteiger partial charge in [0.25, 0.3) is 0 Å². The van der Waals surface area contributed by atoms with Crippen molar-refractivity contribution in [1.82, 2.24) is 4.90 Å². The maximum absolute atomic E-state index is 5.39. The Morgan fingerprint density at radius 2 is 2.00 bits per heavy atom. The lowest BCUT2D eigenvalue weighted by Gasteiger charge is -2.13. The average Bonchev–Trinajstić information content (AvgIpc) is 1.65. The summed E-state index contributed by atoms with van der Waals surface area (Å²) in [6.07, 6.45) is 0. The first kappa shape index (κ1) is 7.92. The maximum atomic E-state index is 5.39. The highest BCUT2D eigenvalue weighted by Crippen LogP contribution is 1.90.